The lowest BCUT2D eigenvalue weighted by atomic mass is 9.90. The Balaban J connectivity index is 0.000000209. The van der Waals surface area contributed by atoms with Crippen molar-refractivity contribution in [1.29, 1.82) is 0 Å². The molecule has 0 aromatic carbocycles. The van der Waals surface area contributed by atoms with Crippen molar-refractivity contribution in [2.24, 2.45) is 26.6 Å². The number of amides is 1. The first-order valence-electron chi connectivity index (χ1n) is 26.8. The average Bonchev–Trinajstić information content (AvgIpc) is 1.80. The minimum absolute atomic E-state index is 0.0248. The van der Waals surface area contributed by atoms with Gasteiger partial charge in [-0.05, 0) is 167 Å². The molecule has 0 saturated heterocycles. The first kappa shape index (κ1) is 65.7. The van der Waals surface area contributed by atoms with Crippen molar-refractivity contribution in [2.45, 2.75) is 105 Å². The second-order valence-electron chi connectivity index (χ2n) is 22.8. The van der Waals surface area contributed by atoms with Crippen LogP contribution in [0, 0.1) is 5.41 Å². The third kappa shape index (κ3) is 16.4. The number of hydrogen-bond acceptors (Lipinski definition) is 19. The molecule has 0 saturated carbocycles. The van der Waals surface area contributed by atoms with Gasteiger partial charge in [-0.3, -0.25) is 28.9 Å². The summed E-state index contributed by atoms with van der Waals surface area (Å²) in [5.74, 6) is 1.77. The number of nitrogen functional groups attached to an aromatic ring is 1. The quantitative estimate of drug-likeness (QED) is 0.0669. The first-order valence-corrected chi connectivity index (χ1v) is 29.2. The second-order valence-corrected chi connectivity index (χ2v) is 25.5. The molecule has 454 valence electrons. The summed E-state index contributed by atoms with van der Waals surface area (Å²) >= 11 is 9.73. The monoisotopic (exact) mass is 1370 g/mol. The topological polar surface area (TPSA) is 319 Å². The van der Waals surface area contributed by atoms with Crippen LogP contribution in [0.2, 0.25) is 0 Å². The van der Waals surface area contributed by atoms with E-state index in [0.29, 0.717) is 74.7 Å². The Hall–Kier alpha value is -7.82. The molecule has 8 aromatic rings. The normalized spacial score (nSPS) is 13.4. The van der Waals surface area contributed by atoms with Gasteiger partial charge in [0.05, 0.1) is 4.47 Å². The summed E-state index contributed by atoms with van der Waals surface area (Å²) < 4.78 is 14.3. The Bertz CT molecular complexity index is 4000. The Kier molecular flexibility index (Phi) is 20.2. The van der Waals surface area contributed by atoms with E-state index in [1.165, 1.54) is 50.5 Å². The van der Waals surface area contributed by atoms with E-state index in [-0.39, 0.29) is 51.9 Å². The smallest absolute Gasteiger partial charge is 0.302 e. The molecule has 1 amide bonds. The van der Waals surface area contributed by atoms with E-state index in [1.54, 1.807) is 135 Å². The highest BCUT2D eigenvalue weighted by Gasteiger charge is 2.38. The number of nitrogens with zero attached hydrogens (tertiary/aromatic N) is 12. The number of nitrogens with two attached hydrogens (primary N) is 1. The highest BCUT2D eigenvalue weighted by molar-refractivity contribution is 9.11. The Morgan fingerprint density at radius 1 is 0.663 bits per heavy atom. The Labute approximate surface area is 521 Å². The largest absolute Gasteiger partial charge is 0.461 e. The molecule has 8 aromatic heterocycles. The number of rotatable bonds is 11. The molecule has 9 heterocycles. The third-order valence-electron chi connectivity index (χ3n) is 13.2. The minimum atomic E-state index is -1.27. The molecule has 0 unspecified atom stereocenters. The number of pyridine rings is 4. The van der Waals surface area contributed by atoms with Crippen LogP contribution in [0.5, 0.6) is 0 Å². The highest BCUT2D eigenvalue weighted by atomic mass is 79.9. The maximum Gasteiger partial charge on any atom is 0.302 e. The highest BCUT2D eigenvalue weighted by Crippen LogP contribution is 2.40. The van der Waals surface area contributed by atoms with Crippen molar-refractivity contribution in [1.82, 2.24) is 53.2 Å². The summed E-state index contributed by atoms with van der Waals surface area (Å²) in [6.07, 6.45) is 13.1. The molecule has 1 aliphatic heterocycles. The van der Waals surface area contributed by atoms with Gasteiger partial charge in [0.15, 0.2) is 17.5 Å². The van der Waals surface area contributed by atoms with Crippen LogP contribution >= 0.6 is 47.8 Å². The summed E-state index contributed by atoms with van der Waals surface area (Å²) in [7, 11) is 5.01. The van der Waals surface area contributed by atoms with Crippen LogP contribution in [-0.2, 0) is 73.5 Å². The van der Waals surface area contributed by atoms with Gasteiger partial charge in [0.2, 0.25) is 0 Å². The molecule has 7 N–H and O–H groups in total. The Morgan fingerprint density at radius 2 is 1.16 bits per heavy atom. The van der Waals surface area contributed by atoms with E-state index in [0.717, 1.165) is 21.8 Å². The van der Waals surface area contributed by atoms with Gasteiger partial charge < -0.3 is 54.7 Å². The summed E-state index contributed by atoms with van der Waals surface area (Å²) in [6, 6.07) is 13.7. The van der Waals surface area contributed by atoms with Crippen molar-refractivity contribution < 1.29 is 29.6 Å². The van der Waals surface area contributed by atoms with Gasteiger partial charge in [0.1, 0.15) is 63.8 Å². The van der Waals surface area contributed by atoms with Gasteiger partial charge >= 0.3 is 5.97 Å². The molecule has 0 bridgehead atoms. The lowest BCUT2D eigenvalue weighted by Gasteiger charge is -2.31. The number of esters is 1. The number of carbonyl (C=O) groups excluding carboxylic acids is 2. The number of carbonyl (C=O) groups is 2. The van der Waals surface area contributed by atoms with Gasteiger partial charge in [-0.1, -0.05) is 13.8 Å². The molecular weight excluding hydrogens is 1300 g/mol. The third-order valence-corrected chi connectivity index (χ3v) is 14.7. The van der Waals surface area contributed by atoms with Crippen LogP contribution in [0.1, 0.15) is 107 Å². The zero-order valence-electron chi connectivity index (χ0n) is 49.6. The molecule has 86 heavy (non-hydrogen) atoms. The minimum Gasteiger partial charge on any atom is -0.461 e. The fourth-order valence-corrected chi connectivity index (χ4v) is 11.0. The number of halogens is 3. The standard InChI is InChI=1S/C33H37N7O5.C13H15BrN4O2.C7H11N3O.C6H5Br2NO/c1-19(41)45-18-23-22(21-13-24(29(42)38(6)17-21)36-27-8-10-35-31(37-27)33(4,5)44)7-9-34-28(23)40-12-11-39-25(30(40)43)14-20-15-32(2,3)16-26(20)39;1-13(2,20)12-15-5-4-10(17-12)16-9-6-8(14)7-18(3)11(9)19;1-7(2,11)6-9-4-3-5(8)10-6;1-9-3-4(7)2-5(8)6(9)10/h7-10,13-14,17,44H,11-12,15-16,18H2,1-6H3,(H,35,36,37);4-7,20H,1-3H3,(H,15,16,17);3-4,11H,1-2H3,(H2,8,9,10);2-3H,1H3. The zero-order valence-corrected chi connectivity index (χ0v) is 54.3. The second kappa shape index (κ2) is 26.4. The number of aliphatic hydroxyl groups is 3. The predicted octanol–water partition coefficient (Wildman–Crippen LogP) is 7.96. The fraction of sp³-hybridized carbons (Fsp3) is 0.356. The molecule has 10 rings (SSSR count). The van der Waals surface area contributed by atoms with Crippen molar-refractivity contribution in [2.75, 3.05) is 27.8 Å². The fourth-order valence-electron chi connectivity index (χ4n) is 9.14. The number of aryl methyl sites for hydroxylation is 3. The SMILES string of the molecule is CC(=O)OCc1c(-c2cc(Nc3ccnc(C(C)(C)O)n3)c(=O)n(C)c2)ccnc1N1CCn2c(cc3c2CC(C)(C)C3)C1=O.CC(C)(O)c1nccc(N)n1.Cn1cc(Br)cc(Br)c1=O.Cn1cc(Br)cc(Nc2ccnc(C(C)(C)O)n2)c1=O. The molecule has 0 atom stereocenters. The Morgan fingerprint density at radius 3 is 1.69 bits per heavy atom. The van der Waals surface area contributed by atoms with Crippen LogP contribution in [0.4, 0.5) is 34.6 Å². The van der Waals surface area contributed by atoms with Crippen molar-refractivity contribution in [3.05, 3.63) is 176 Å². The van der Waals surface area contributed by atoms with E-state index in [2.05, 4.69) is 112 Å². The lowest BCUT2D eigenvalue weighted by Crippen LogP contribution is -2.41. The summed E-state index contributed by atoms with van der Waals surface area (Å²) in [6.45, 7) is 16.3. The van der Waals surface area contributed by atoms with E-state index >= 15 is 0 Å². The van der Waals surface area contributed by atoms with Gasteiger partial charge in [-0.25, -0.2) is 34.9 Å². The molecule has 0 fully saturated rings. The van der Waals surface area contributed by atoms with E-state index < -0.39 is 22.8 Å². The van der Waals surface area contributed by atoms with Gasteiger partial charge in [-0.2, -0.15) is 0 Å². The molecule has 1 aliphatic carbocycles. The van der Waals surface area contributed by atoms with E-state index in [4.69, 9.17) is 10.5 Å². The zero-order chi connectivity index (χ0) is 63.4. The number of fused-ring (bicyclic) bond motifs is 3. The number of hydrogen-bond donors (Lipinski definition) is 6. The number of aromatic nitrogens is 11. The van der Waals surface area contributed by atoms with Crippen LogP contribution in [0.3, 0.4) is 0 Å². The summed E-state index contributed by atoms with van der Waals surface area (Å²) in [5, 5.41) is 35.7. The summed E-state index contributed by atoms with van der Waals surface area (Å²) in [5.41, 5.74) is 7.18. The van der Waals surface area contributed by atoms with E-state index in [9.17, 15) is 39.3 Å². The number of ether oxygens (including phenoxy) is 1. The molecule has 2 aliphatic rings. The van der Waals surface area contributed by atoms with Crippen LogP contribution < -0.4 is 37.9 Å². The lowest BCUT2D eigenvalue weighted by molar-refractivity contribution is -0.142. The number of anilines is 6. The molecule has 0 spiro atoms. The van der Waals surface area contributed by atoms with Gasteiger partial charge in [0.25, 0.3) is 22.6 Å². The predicted molar refractivity (Wildman–Crippen MR) is 337 cm³/mol. The molecule has 0 radical (unpaired) electrons. The van der Waals surface area contributed by atoms with E-state index in [1.807, 2.05) is 6.07 Å². The first-order chi connectivity index (χ1) is 40.1. The van der Waals surface area contributed by atoms with Crippen molar-refractivity contribution in [3.63, 3.8) is 0 Å². The molecule has 24 nitrogen and oxygen atoms in total. The van der Waals surface area contributed by atoms with Crippen molar-refractivity contribution >= 4 is 94.3 Å². The average molecular weight is 1370 g/mol. The number of nitrogens with one attached hydrogen (secondary N) is 2. The van der Waals surface area contributed by atoms with Gasteiger partial charge in [-0.15, -0.1) is 0 Å². The molecular formula is C59H68Br3N15O9. The maximum absolute atomic E-state index is 13.9. The van der Waals surface area contributed by atoms with Crippen LogP contribution in [-0.4, -0.2) is 86.9 Å². The molecule has 27 heteroatoms. The maximum atomic E-state index is 13.9. The van der Waals surface area contributed by atoms with Crippen LogP contribution in [0.15, 0.2) is 120 Å². The summed E-state index contributed by atoms with van der Waals surface area (Å²) in [4.78, 5) is 92.8. The van der Waals surface area contributed by atoms with Crippen molar-refractivity contribution in [3.8, 4) is 11.1 Å². The van der Waals surface area contributed by atoms with Crippen LogP contribution in [0.25, 0.3) is 11.1 Å². The van der Waals surface area contributed by atoms with Gasteiger partial charge in [0, 0.05) is 110 Å².